The van der Waals surface area contributed by atoms with E-state index in [1.807, 2.05) is 23.1 Å². The largest absolute Gasteiger partial charge is 0.352 e. The number of rotatable bonds is 4. The van der Waals surface area contributed by atoms with Crippen molar-refractivity contribution in [3.05, 3.63) is 59.9 Å². The fraction of sp³-hybridized carbons (Fsp3) is 0.235. The number of piperazine rings is 1. The molecule has 0 saturated carbocycles. The van der Waals surface area contributed by atoms with Crippen LogP contribution in [0.15, 0.2) is 59.8 Å². The van der Waals surface area contributed by atoms with Crippen LogP contribution in [0.1, 0.15) is 0 Å². The van der Waals surface area contributed by atoms with Crippen molar-refractivity contribution in [2.75, 3.05) is 31.1 Å². The summed E-state index contributed by atoms with van der Waals surface area (Å²) in [5, 5.41) is 13.0. The van der Waals surface area contributed by atoms with Gasteiger partial charge in [0.05, 0.1) is 4.90 Å². The predicted molar refractivity (Wildman–Crippen MR) is 102 cm³/mol. The minimum absolute atomic E-state index is 0.215. The maximum atomic E-state index is 12.8. The van der Waals surface area contributed by atoms with Crippen molar-refractivity contribution in [2.45, 2.75) is 4.90 Å². The van der Waals surface area contributed by atoms with Crippen LogP contribution in [0.3, 0.4) is 0 Å². The van der Waals surface area contributed by atoms with Crippen molar-refractivity contribution in [1.82, 2.24) is 24.3 Å². The normalized spacial score (nSPS) is 15.8. The van der Waals surface area contributed by atoms with Crippen LogP contribution in [0.5, 0.6) is 0 Å². The third-order valence-corrected chi connectivity index (χ3v) is 6.50. The minimum Gasteiger partial charge on any atom is -0.352 e. The molecule has 0 spiro atoms. The number of hydrogen-bond donors (Lipinski definition) is 0. The van der Waals surface area contributed by atoms with Crippen molar-refractivity contribution in [3.63, 3.8) is 0 Å². The Hall–Kier alpha value is -2.49. The van der Waals surface area contributed by atoms with Gasteiger partial charge in [-0.15, -0.1) is 10.2 Å². The Labute approximate surface area is 162 Å². The van der Waals surface area contributed by atoms with Crippen LogP contribution in [-0.2, 0) is 10.0 Å². The predicted octanol–water partition coefficient (Wildman–Crippen LogP) is 1.83. The zero-order chi connectivity index (χ0) is 18.9. The zero-order valence-electron chi connectivity index (χ0n) is 14.3. The van der Waals surface area contributed by atoms with E-state index in [0.29, 0.717) is 42.8 Å². The quantitative estimate of drug-likeness (QED) is 0.659. The highest BCUT2D eigenvalue weighted by Gasteiger charge is 2.29. The van der Waals surface area contributed by atoms with E-state index in [2.05, 4.69) is 15.3 Å². The van der Waals surface area contributed by atoms with Gasteiger partial charge >= 0.3 is 0 Å². The van der Waals surface area contributed by atoms with Crippen LogP contribution in [0, 0.1) is 0 Å². The number of anilines is 1. The summed E-state index contributed by atoms with van der Waals surface area (Å²) in [7, 11) is -3.55. The first-order chi connectivity index (χ1) is 13.0. The lowest BCUT2D eigenvalue weighted by Crippen LogP contribution is -2.49. The van der Waals surface area contributed by atoms with Crippen LogP contribution in [0.4, 0.5) is 5.82 Å². The summed E-state index contributed by atoms with van der Waals surface area (Å²) in [6.07, 6.45) is 3.47. The molecule has 1 saturated heterocycles. The summed E-state index contributed by atoms with van der Waals surface area (Å²) in [6.45, 7) is 1.82. The molecule has 0 N–H and O–H groups in total. The van der Waals surface area contributed by atoms with E-state index in [1.165, 1.54) is 10.4 Å². The van der Waals surface area contributed by atoms with Gasteiger partial charge < -0.3 is 4.90 Å². The van der Waals surface area contributed by atoms with E-state index in [9.17, 15) is 8.42 Å². The molecule has 0 radical (unpaired) electrons. The van der Waals surface area contributed by atoms with Gasteiger partial charge in [0.2, 0.25) is 10.0 Å². The first-order valence-corrected chi connectivity index (χ1v) is 10.2. The Morgan fingerprint density at radius 3 is 2.30 bits per heavy atom. The van der Waals surface area contributed by atoms with Gasteiger partial charge in [-0.05, 0) is 36.4 Å². The van der Waals surface area contributed by atoms with Crippen molar-refractivity contribution < 1.29 is 8.42 Å². The molecular weight excluding hydrogens is 388 g/mol. The summed E-state index contributed by atoms with van der Waals surface area (Å²) in [4.78, 5) is 2.23. The molecule has 10 heteroatoms. The second kappa shape index (κ2) is 7.26. The molecule has 0 atom stereocenters. The lowest BCUT2D eigenvalue weighted by Gasteiger charge is -2.34. The Balaban J connectivity index is 1.44. The molecule has 140 valence electrons. The van der Waals surface area contributed by atoms with Crippen molar-refractivity contribution >= 4 is 27.4 Å². The van der Waals surface area contributed by atoms with E-state index in [4.69, 9.17) is 11.6 Å². The Morgan fingerprint density at radius 1 is 0.926 bits per heavy atom. The highest BCUT2D eigenvalue weighted by atomic mass is 35.5. The third-order valence-electron chi connectivity index (χ3n) is 4.37. The molecule has 0 unspecified atom stereocenters. The summed E-state index contributed by atoms with van der Waals surface area (Å²) in [6, 6.07) is 11.9. The van der Waals surface area contributed by atoms with Crippen molar-refractivity contribution in [3.8, 4) is 5.82 Å². The van der Waals surface area contributed by atoms with Gasteiger partial charge in [-0.1, -0.05) is 17.7 Å². The van der Waals surface area contributed by atoms with Crippen molar-refractivity contribution in [2.24, 2.45) is 0 Å². The SMILES string of the molecule is O=S(=O)(c1cccc(Cl)c1)N1CCN(c2ccc(-n3cccn3)nn2)CC1. The van der Waals surface area contributed by atoms with Gasteiger partial charge in [0, 0.05) is 43.6 Å². The standard InChI is InChI=1S/C17H17ClN6O2S/c18-14-3-1-4-15(13-14)27(25,26)23-11-9-22(10-12-23)16-5-6-17(21-20-16)24-8-2-7-19-24/h1-8,13H,9-12H2. The maximum absolute atomic E-state index is 12.8. The molecule has 8 nitrogen and oxygen atoms in total. The molecule has 1 fully saturated rings. The number of aromatic nitrogens is 4. The molecule has 0 bridgehead atoms. The van der Waals surface area contributed by atoms with Crippen LogP contribution in [-0.4, -0.2) is 58.9 Å². The number of benzene rings is 1. The lowest BCUT2D eigenvalue weighted by molar-refractivity contribution is 0.383. The van der Waals surface area contributed by atoms with Crippen LogP contribution >= 0.6 is 11.6 Å². The molecule has 1 aliphatic heterocycles. The first-order valence-electron chi connectivity index (χ1n) is 8.38. The highest BCUT2D eigenvalue weighted by molar-refractivity contribution is 7.89. The summed E-state index contributed by atoms with van der Waals surface area (Å²) >= 11 is 5.93. The Bertz CT molecular complexity index is 1020. The van der Waals surface area contributed by atoms with E-state index in [-0.39, 0.29) is 4.90 Å². The molecule has 1 aliphatic rings. The smallest absolute Gasteiger partial charge is 0.243 e. The lowest BCUT2D eigenvalue weighted by atomic mass is 10.3. The van der Waals surface area contributed by atoms with Crippen LogP contribution < -0.4 is 4.90 Å². The Morgan fingerprint density at radius 2 is 1.67 bits per heavy atom. The fourth-order valence-corrected chi connectivity index (χ4v) is 4.67. The third kappa shape index (κ3) is 3.66. The molecule has 0 amide bonds. The van der Waals surface area contributed by atoms with Gasteiger partial charge in [0.15, 0.2) is 11.6 Å². The van der Waals surface area contributed by atoms with E-state index < -0.39 is 10.0 Å². The number of nitrogens with zero attached hydrogens (tertiary/aromatic N) is 6. The van der Waals surface area contributed by atoms with E-state index in [1.54, 1.807) is 35.3 Å². The fourth-order valence-electron chi connectivity index (χ4n) is 2.95. The van der Waals surface area contributed by atoms with Gasteiger partial charge in [0.25, 0.3) is 0 Å². The molecule has 4 rings (SSSR count). The highest BCUT2D eigenvalue weighted by Crippen LogP contribution is 2.22. The van der Waals surface area contributed by atoms with Crippen LogP contribution in [0.2, 0.25) is 5.02 Å². The van der Waals surface area contributed by atoms with Crippen LogP contribution in [0.25, 0.3) is 5.82 Å². The molecule has 2 aromatic heterocycles. The van der Waals surface area contributed by atoms with E-state index in [0.717, 1.165) is 0 Å². The zero-order valence-corrected chi connectivity index (χ0v) is 15.9. The van der Waals surface area contributed by atoms with Gasteiger partial charge in [-0.2, -0.15) is 9.40 Å². The van der Waals surface area contributed by atoms with Gasteiger partial charge in [0.1, 0.15) is 0 Å². The summed E-state index contributed by atoms with van der Waals surface area (Å²) in [5.74, 6) is 1.34. The van der Waals surface area contributed by atoms with Gasteiger partial charge in [-0.25, -0.2) is 13.1 Å². The summed E-state index contributed by atoms with van der Waals surface area (Å²) < 4.78 is 28.6. The summed E-state index contributed by atoms with van der Waals surface area (Å²) in [5.41, 5.74) is 0. The maximum Gasteiger partial charge on any atom is 0.243 e. The van der Waals surface area contributed by atoms with Crippen molar-refractivity contribution in [1.29, 1.82) is 0 Å². The molecule has 3 heterocycles. The van der Waals surface area contributed by atoms with E-state index >= 15 is 0 Å². The molecule has 1 aromatic carbocycles. The number of sulfonamides is 1. The first kappa shape index (κ1) is 17.9. The molecule has 0 aliphatic carbocycles. The second-order valence-electron chi connectivity index (χ2n) is 6.05. The topological polar surface area (TPSA) is 84.2 Å². The average Bonchev–Trinajstić information content (AvgIpc) is 3.23. The number of halogens is 1. The van der Waals surface area contributed by atoms with Gasteiger partial charge in [-0.3, -0.25) is 0 Å². The minimum atomic E-state index is -3.55. The molecule has 3 aromatic rings. The molecular formula is C17H17ClN6O2S. The second-order valence-corrected chi connectivity index (χ2v) is 8.42. The monoisotopic (exact) mass is 404 g/mol. The number of hydrogen-bond acceptors (Lipinski definition) is 6. The Kier molecular flexibility index (Phi) is 4.81. The average molecular weight is 405 g/mol. The molecule has 27 heavy (non-hydrogen) atoms.